The van der Waals surface area contributed by atoms with E-state index < -0.39 is 0 Å². The van der Waals surface area contributed by atoms with E-state index in [0.29, 0.717) is 5.76 Å². The zero-order valence-electron chi connectivity index (χ0n) is 11.0. The molecule has 1 aromatic carbocycles. The van der Waals surface area contributed by atoms with Crippen LogP contribution >= 0.6 is 0 Å². The van der Waals surface area contributed by atoms with E-state index in [1.807, 2.05) is 12.1 Å². The minimum absolute atomic E-state index is 0.0312. The second-order valence-corrected chi connectivity index (χ2v) is 5.03. The van der Waals surface area contributed by atoms with Crippen LogP contribution in [0.1, 0.15) is 29.9 Å². The number of aryl methyl sites for hydroxylation is 1. The molecule has 100 valence electrons. The Morgan fingerprint density at radius 1 is 1.05 bits per heavy atom. The molecule has 0 radical (unpaired) electrons. The van der Waals surface area contributed by atoms with Crippen LogP contribution in [-0.2, 0) is 19.6 Å². The number of fused-ring (bicyclic) bond motifs is 1. The van der Waals surface area contributed by atoms with Gasteiger partial charge in [-0.15, -0.1) is 0 Å². The summed E-state index contributed by atoms with van der Waals surface area (Å²) in [5, 5.41) is 9.05. The highest BCUT2D eigenvalue weighted by Gasteiger charge is 2.16. The molecule has 1 aliphatic rings. The van der Waals surface area contributed by atoms with Crippen LogP contribution in [0.25, 0.3) is 0 Å². The molecular formula is C16H19NO2. The monoisotopic (exact) mass is 257 g/mol. The van der Waals surface area contributed by atoms with Crippen LogP contribution < -0.4 is 4.90 Å². The molecule has 3 rings (SSSR count). The zero-order chi connectivity index (χ0) is 13.1. The maximum Gasteiger partial charge on any atom is 0.129 e. The average Bonchev–Trinajstić information content (AvgIpc) is 2.80. The summed E-state index contributed by atoms with van der Waals surface area (Å²) in [6.07, 6.45) is 3.61. The van der Waals surface area contributed by atoms with Crippen molar-refractivity contribution in [1.82, 2.24) is 0 Å². The summed E-state index contributed by atoms with van der Waals surface area (Å²) in [6.45, 7) is 1.81. The molecule has 0 bridgehead atoms. The van der Waals surface area contributed by atoms with Gasteiger partial charge in [0.05, 0.1) is 6.54 Å². The molecule has 0 unspecified atom stereocenters. The third-order valence-corrected chi connectivity index (χ3v) is 3.68. The first-order valence-electron chi connectivity index (χ1n) is 6.88. The van der Waals surface area contributed by atoms with Gasteiger partial charge in [-0.1, -0.05) is 18.2 Å². The Morgan fingerprint density at radius 3 is 2.74 bits per heavy atom. The number of nitrogens with zero attached hydrogens (tertiary/aromatic N) is 1. The molecule has 0 aliphatic carbocycles. The number of furan rings is 1. The summed E-state index contributed by atoms with van der Waals surface area (Å²) < 4.78 is 5.60. The lowest BCUT2D eigenvalue weighted by molar-refractivity contribution is 0.243. The molecule has 2 aromatic rings. The fourth-order valence-electron chi connectivity index (χ4n) is 2.71. The van der Waals surface area contributed by atoms with E-state index in [9.17, 15) is 0 Å². The first-order chi connectivity index (χ1) is 9.36. The van der Waals surface area contributed by atoms with Gasteiger partial charge in [-0.05, 0) is 43.0 Å². The van der Waals surface area contributed by atoms with Crippen molar-refractivity contribution in [2.24, 2.45) is 0 Å². The minimum atomic E-state index is -0.0312. The Balaban J connectivity index is 1.83. The van der Waals surface area contributed by atoms with Crippen LogP contribution in [0.4, 0.5) is 5.69 Å². The number of aliphatic hydroxyl groups excluding tert-OH is 1. The van der Waals surface area contributed by atoms with E-state index in [1.165, 1.54) is 24.1 Å². The Kier molecular flexibility index (Phi) is 3.56. The van der Waals surface area contributed by atoms with Crippen LogP contribution in [0, 0.1) is 0 Å². The van der Waals surface area contributed by atoms with Crippen LogP contribution in [0.3, 0.4) is 0 Å². The second-order valence-electron chi connectivity index (χ2n) is 5.03. The predicted molar refractivity (Wildman–Crippen MR) is 75.1 cm³/mol. The number of hydrogen-bond acceptors (Lipinski definition) is 3. The highest BCUT2D eigenvalue weighted by atomic mass is 16.4. The Bertz CT molecular complexity index is 547. The van der Waals surface area contributed by atoms with Crippen molar-refractivity contribution >= 4 is 5.69 Å². The molecule has 3 nitrogen and oxygen atoms in total. The van der Waals surface area contributed by atoms with Gasteiger partial charge in [0.2, 0.25) is 0 Å². The van der Waals surface area contributed by atoms with E-state index in [2.05, 4.69) is 29.2 Å². The molecule has 1 aliphatic heterocycles. The van der Waals surface area contributed by atoms with Gasteiger partial charge in [0.1, 0.15) is 18.1 Å². The van der Waals surface area contributed by atoms with Gasteiger partial charge in [0, 0.05) is 12.2 Å². The van der Waals surface area contributed by atoms with Gasteiger partial charge in [-0.25, -0.2) is 0 Å². The Hall–Kier alpha value is -1.74. The molecule has 0 atom stereocenters. The smallest absolute Gasteiger partial charge is 0.129 e. The van der Waals surface area contributed by atoms with Crippen LogP contribution in [0.5, 0.6) is 0 Å². The van der Waals surface area contributed by atoms with E-state index >= 15 is 0 Å². The molecule has 0 saturated carbocycles. The van der Waals surface area contributed by atoms with E-state index in [1.54, 1.807) is 0 Å². The second kappa shape index (κ2) is 5.49. The predicted octanol–water partition coefficient (Wildman–Crippen LogP) is 3.11. The molecule has 19 heavy (non-hydrogen) atoms. The molecule has 0 saturated heterocycles. The van der Waals surface area contributed by atoms with Crippen LogP contribution in [0.15, 0.2) is 40.8 Å². The lowest BCUT2D eigenvalue weighted by Crippen LogP contribution is -2.23. The van der Waals surface area contributed by atoms with Gasteiger partial charge in [-0.3, -0.25) is 0 Å². The fourth-order valence-corrected chi connectivity index (χ4v) is 2.71. The maximum atomic E-state index is 9.05. The number of anilines is 1. The van der Waals surface area contributed by atoms with Gasteiger partial charge in [0.15, 0.2) is 0 Å². The third-order valence-electron chi connectivity index (χ3n) is 3.68. The van der Waals surface area contributed by atoms with Gasteiger partial charge in [-0.2, -0.15) is 0 Å². The van der Waals surface area contributed by atoms with Crippen molar-refractivity contribution in [2.75, 3.05) is 11.4 Å². The van der Waals surface area contributed by atoms with Crippen molar-refractivity contribution in [3.05, 3.63) is 53.5 Å². The topological polar surface area (TPSA) is 36.6 Å². The molecule has 1 N–H and O–H groups in total. The molecule has 0 amide bonds. The zero-order valence-corrected chi connectivity index (χ0v) is 11.0. The first kappa shape index (κ1) is 12.3. The van der Waals surface area contributed by atoms with Crippen molar-refractivity contribution in [3.63, 3.8) is 0 Å². The summed E-state index contributed by atoms with van der Waals surface area (Å²) in [5.41, 5.74) is 2.75. The summed E-state index contributed by atoms with van der Waals surface area (Å²) in [5.74, 6) is 1.55. The van der Waals surface area contributed by atoms with Crippen molar-refractivity contribution < 1.29 is 9.52 Å². The summed E-state index contributed by atoms with van der Waals surface area (Å²) >= 11 is 0. The number of rotatable bonds is 3. The van der Waals surface area contributed by atoms with Crippen LogP contribution in [-0.4, -0.2) is 11.7 Å². The quantitative estimate of drug-likeness (QED) is 0.917. The lowest BCUT2D eigenvalue weighted by Gasteiger charge is -2.23. The normalized spacial score (nSPS) is 15.1. The minimum Gasteiger partial charge on any atom is -0.462 e. The van der Waals surface area contributed by atoms with E-state index in [-0.39, 0.29) is 6.61 Å². The Labute approximate surface area is 113 Å². The van der Waals surface area contributed by atoms with Gasteiger partial charge < -0.3 is 14.4 Å². The SMILES string of the molecule is OCc1ccc(CN2CCCCc3ccccc32)o1. The first-order valence-corrected chi connectivity index (χ1v) is 6.88. The van der Waals surface area contributed by atoms with E-state index in [0.717, 1.165) is 25.3 Å². The highest BCUT2D eigenvalue weighted by molar-refractivity contribution is 5.54. The largest absolute Gasteiger partial charge is 0.462 e. The third kappa shape index (κ3) is 2.66. The molecular weight excluding hydrogens is 238 g/mol. The fraction of sp³-hybridized carbons (Fsp3) is 0.375. The van der Waals surface area contributed by atoms with Crippen molar-refractivity contribution in [3.8, 4) is 0 Å². The summed E-state index contributed by atoms with van der Waals surface area (Å²) in [7, 11) is 0. The highest BCUT2D eigenvalue weighted by Crippen LogP contribution is 2.27. The standard InChI is InChI=1S/C16H19NO2/c18-12-15-9-8-14(19-15)11-17-10-4-3-6-13-5-1-2-7-16(13)17/h1-2,5,7-9,18H,3-4,6,10-12H2. The number of benzene rings is 1. The molecule has 2 heterocycles. The van der Waals surface area contributed by atoms with Crippen molar-refractivity contribution in [1.29, 1.82) is 0 Å². The van der Waals surface area contributed by atoms with Gasteiger partial charge in [0.25, 0.3) is 0 Å². The Morgan fingerprint density at radius 2 is 1.89 bits per heavy atom. The summed E-state index contributed by atoms with van der Waals surface area (Å²) in [6, 6.07) is 12.4. The maximum absolute atomic E-state index is 9.05. The van der Waals surface area contributed by atoms with Crippen molar-refractivity contribution in [2.45, 2.75) is 32.4 Å². The number of aliphatic hydroxyl groups is 1. The number of para-hydroxylation sites is 1. The molecule has 1 aromatic heterocycles. The molecule has 0 fully saturated rings. The van der Waals surface area contributed by atoms with Crippen LogP contribution in [0.2, 0.25) is 0 Å². The summed E-state index contributed by atoms with van der Waals surface area (Å²) in [4.78, 5) is 2.38. The molecule has 0 spiro atoms. The van der Waals surface area contributed by atoms with Gasteiger partial charge >= 0.3 is 0 Å². The lowest BCUT2D eigenvalue weighted by atomic mass is 10.1. The average molecular weight is 257 g/mol. The molecule has 3 heteroatoms. The van der Waals surface area contributed by atoms with E-state index in [4.69, 9.17) is 9.52 Å². The number of hydrogen-bond donors (Lipinski definition) is 1.